The maximum absolute atomic E-state index is 12.2. The molecule has 3 heterocycles. The second kappa shape index (κ2) is 6.74. The zero-order valence-electron chi connectivity index (χ0n) is 15.0. The Hall–Kier alpha value is -2.96. The molecule has 7 heteroatoms. The van der Waals surface area contributed by atoms with E-state index in [0.717, 1.165) is 29.1 Å². The summed E-state index contributed by atoms with van der Waals surface area (Å²) in [4.78, 5) is 27.6. The van der Waals surface area contributed by atoms with Gasteiger partial charge in [0.15, 0.2) is 0 Å². The van der Waals surface area contributed by atoms with E-state index in [1.807, 2.05) is 54.0 Å². The number of piperidine rings is 1. The molecule has 0 aliphatic carbocycles. The second-order valence-corrected chi connectivity index (χ2v) is 6.77. The number of rotatable bonds is 4. The number of fused-ring (bicyclic) bond motifs is 1. The summed E-state index contributed by atoms with van der Waals surface area (Å²) in [5.74, 6) is 2.09. The smallest absolute Gasteiger partial charge is 0.222 e. The molecule has 0 saturated carbocycles. The summed E-state index contributed by atoms with van der Waals surface area (Å²) in [7, 11) is 3.83. The summed E-state index contributed by atoms with van der Waals surface area (Å²) >= 11 is 0. The summed E-state index contributed by atoms with van der Waals surface area (Å²) in [5, 5.41) is 3.40. The number of nitrogens with zero attached hydrogens (tertiary/aromatic N) is 5. The SMILES string of the molecule is CN1C(=O)CC[C@H](CNc2cnc3ccccc3n2)[C@H]1c1nccn1C. The van der Waals surface area contributed by atoms with E-state index in [1.165, 1.54) is 0 Å². The second-order valence-electron chi connectivity index (χ2n) is 6.77. The molecule has 0 radical (unpaired) electrons. The molecule has 1 saturated heterocycles. The summed E-state index contributed by atoms with van der Waals surface area (Å²) < 4.78 is 1.99. The van der Waals surface area contributed by atoms with Crippen molar-refractivity contribution in [3.05, 3.63) is 48.7 Å². The summed E-state index contributed by atoms with van der Waals surface area (Å²) in [6.45, 7) is 0.710. The monoisotopic (exact) mass is 350 g/mol. The zero-order valence-corrected chi connectivity index (χ0v) is 15.0. The van der Waals surface area contributed by atoms with Crippen LogP contribution in [0.1, 0.15) is 24.7 Å². The van der Waals surface area contributed by atoms with Crippen molar-refractivity contribution >= 4 is 22.8 Å². The van der Waals surface area contributed by atoms with Gasteiger partial charge in [-0.3, -0.25) is 9.78 Å². The van der Waals surface area contributed by atoms with Crippen LogP contribution in [-0.2, 0) is 11.8 Å². The molecule has 1 aromatic carbocycles. The van der Waals surface area contributed by atoms with Crippen molar-refractivity contribution in [2.45, 2.75) is 18.9 Å². The van der Waals surface area contributed by atoms with Crippen LogP contribution in [0, 0.1) is 5.92 Å². The molecule has 3 aromatic rings. The molecule has 0 bridgehead atoms. The molecular weight excluding hydrogens is 328 g/mol. The number of hydrogen-bond donors (Lipinski definition) is 1. The fourth-order valence-electron chi connectivity index (χ4n) is 3.65. The van der Waals surface area contributed by atoms with Gasteiger partial charge in [0.25, 0.3) is 0 Å². The highest BCUT2D eigenvalue weighted by atomic mass is 16.2. The highest BCUT2D eigenvalue weighted by Gasteiger charge is 2.36. The van der Waals surface area contributed by atoms with E-state index in [1.54, 1.807) is 12.4 Å². The van der Waals surface area contributed by atoms with E-state index in [4.69, 9.17) is 0 Å². The molecule has 2 aromatic heterocycles. The van der Waals surface area contributed by atoms with Crippen molar-refractivity contribution in [1.82, 2.24) is 24.4 Å². The number of carbonyl (C=O) groups is 1. The Labute approximate surface area is 152 Å². The highest BCUT2D eigenvalue weighted by molar-refractivity contribution is 5.77. The van der Waals surface area contributed by atoms with Gasteiger partial charge < -0.3 is 14.8 Å². The minimum absolute atomic E-state index is 0.0443. The van der Waals surface area contributed by atoms with Crippen molar-refractivity contribution in [3.8, 4) is 0 Å². The number of hydrogen-bond acceptors (Lipinski definition) is 5. The lowest BCUT2D eigenvalue weighted by Crippen LogP contribution is -2.43. The third-order valence-corrected chi connectivity index (χ3v) is 5.10. The van der Waals surface area contributed by atoms with Crippen LogP contribution >= 0.6 is 0 Å². The Morgan fingerprint density at radius 2 is 2.00 bits per heavy atom. The average Bonchev–Trinajstić information content (AvgIpc) is 3.08. The Morgan fingerprint density at radius 1 is 1.19 bits per heavy atom. The number of likely N-dealkylation sites (tertiary alicyclic amines) is 1. The van der Waals surface area contributed by atoms with Crippen molar-refractivity contribution < 1.29 is 4.79 Å². The fraction of sp³-hybridized carbons (Fsp3) is 0.368. The molecule has 1 amide bonds. The largest absolute Gasteiger partial charge is 0.368 e. The average molecular weight is 350 g/mol. The number of benzene rings is 1. The lowest BCUT2D eigenvalue weighted by molar-refractivity contribution is -0.137. The van der Waals surface area contributed by atoms with Gasteiger partial charge in [0, 0.05) is 45.4 Å². The minimum Gasteiger partial charge on any atom is -0.368 e. The van der Waals surface area contributed by atoms with Crippen molar-refractivity contribution in [3.63, 3.8) is 0 Å². The third-order valence-electron chi connectivity index (χ3n) is 5.10. The Kier molecular flexibility index (Phi) is 4.28. The maximum Gasteiger partial charge on any atom is 0.222 e. The van der Waals surface area contributed by atoms with Gasteiger partial charge in [-0.15, -0.1) is 0 Å². The van der Waals surface area contributed by atoms with Crippen molar-refractivity contribution in [1.29, 1.82) is 0 Å². The first-order chi connectivity index (χ1) is 12.6. The van der Waals surface area contributed by atoms with Crippen LogP contribution in [0.3, 0.4) is 0 Å². The van der Waals surface area contributed by atoms with Crippen LogP contribution in [0.4, 0.5) is 5.82 Å². The third kappa shape index (κ3) is 3.00. The van der Waals surface area contributed by atoms with Gasteiger partial charge in [-0.25, -0.2) is 9.97 Å². The standard InChI is InChI=1S/C19H22N6O/c1-24-10-9-20-19(24)18-13(7-8-17(26)25(18)2)11-22-16-12-21-14-5-3-4-6-15(14)23-16/h3-6,9-10,12-13,18H,7-8,11H2,1-2H3,(H,22,23)/t13-,18+/m1/s1. The van der Waals surface area contributed by atoms with Gasteiger partial charge in [0.05, 0.1) is 23.3 Å². The maximum atomic E-state index is 12.2. The summed E-state index contributed by atoms with van der Waals surface area (Å²) in [6.07, 6.45) is 6.85. The minimum atomic E-state index is -0.0443. The number of imidazole rings is 1. The van der Waals surface area contributed by atoms with Gasteiger partial charge >= 0.3 is 0 Å². The number of aromatic nitrogens is 4. The number of anilines is 1. The summed E-state index contributed by atoms with van der Waals surface area (Å²) in [6, 6.07) is 7.77. The van der Waals surface area contributed by atoms with Crippen LogP contribution in [0.25, 0.3) is 11.0 Å². The molecule has 1 aliphatic heterocycles. The molecule has 0 unspecified atom stereocenters. The predicted octanol–water partition coefficient (Wildman–Crippen LogP) is 2.38. The number of nitrogens with one attached hydrogen (secondary N) is 1. The van der Waals surface area contributed by atoms with E-state index in [9.17, 15) is 4.79 Å². The van der Waals surface area contributed by atoms with E-state index in [2.05, 4.69) is 20.3 Å². The first-order valence-corrected chi connectivity index (χ1v) is 8.82. The predicted molar refractivity (Wildman–Crippen MR) is 99.5 cm³/mol. The van der Waals surface area contributed by atoms with E-state index in [0.29, 0.717) is 13.0 Å². The number of aryl methyl sites for hydroxylation is 1. The Bertz CT molecular complexity index is 936. The molecule has 134 valence electrons. The van der Waals surface area contributed by atoms with E-state index < -0.39 is 0 Å². The number of carbonyl (C=O) groups excluding carboxylic acids is 1. The van der Waals surface area contributed by atoms with Crippen LogP contribution in [0.5, 0.6) is 0 Å². The van der Waals surface area contributed by atoms with E-state index in [-0.39, 0.29) is 17.9 Å². The normalized spacial score (nSPS) is 20.5. The zero-order chi connectivity index (χ0) is 18.1. The molecule has 1 fully saturated rings. The van der Waals surface area contributed by atoms with Crippen molar-refractivity contribution in [2.24, 2.45) is 13.0 Å². The van der Waals surface area contributed by atoms with Gasteiger partial charge in [0.1, 0.15) is 11.6 Å². The first-order valence-electron chi connectivity index (χ1n) is 8.82. The molecule has 1 N–H and O–H groups in total. The molecule has 4 rings (SSSR count). The fourth-order valence-corrected chi connectivity index (χ4v) is 3.65. The molecule has 26 heavy (non-hydrogen) atoms. The Balaban J connectivity index is 1.55. The van der Waals surface area contributed by atoms with Crippen LogP contribution in [0.2, 0.25) is 0 Å². The topological polar surface area (TPSA) is 75.9 Å². The van der Waals surface area contributed by atoms with Gasteiger partial charge in [-0.2, -0.15) is 0 Å². The molecule has 7 nitrogen and oxygen atoms in total. The van der Waals surface area contributed by atoms with Gasteiger partial charge in [0.2, 0.25) is 5.91 Å². The molecular formula is C19H22N6O. The van der Waals surface area contributed by atoms with Crippen LogP contribution in [0.15, 0.2) is 42.9 Å². The first kappa shape index (κ1) is 16.5. The number of amides is 1. The van der Waals surface area contributed by atoms with Crippen LogP contribution in [-0.4, -0.2) is 43.9 Å². The van der Waals surface area contributed by atoms with E-state index >= 15 is 0 Å². The molecule has 1 aliphatic rings. The molecule has 2 atom stereocenters. The quantitative estimate of drug-likeness (QED) is 0.782. The van der Waals surface area contributed by atoms with Crippen LogP contribution < -0.4 is 5.32 Å². The van der Waals surface area contributed by atoms with Crippen molar-refractivity contribution in [2.75, 3.05) is 18.9 Å². The lowest BCUT2D eigenvalue weighted by Gasteiger charge is -2.38. The molecule has 0 spiro atoms. The lowest BCUT2D eigenvalue weighted by atomic mass is 9.88. The number of para-hydroxylation sites is 2. The van der Waals surface area contributed by atoms with Gasteiger partial charge in [-0.05, 0) is 18.6 Å². The highest BCUT2D eigenvalue weighted by Crippen LogP contribution is 2.34. The Morgan fingerprint density at radius 3 is 2.77 bits per heavy atom. The summed E-state index contributed by atoms with van der Waals surface area (Å²) in [5.41, 5.74) is 1.75. The van der Waals surface area contributed by atoms with Gasteiger partial charge in [-0.1, -0.05) is 12.1 Å².